The molecule has 5 heteroatoms. The molecular formula is C12H14INO3. The number of esters is 1. The fraction of sp³-hybridized carbons (Fsp3) is 0.333. The van der Waals surface area contributed by atoms with Crippen molar-refractivity contribution in [3.8, 4) is 0 Å². The minimum Gasteiger partial charge on any atom is -0.469 e. The molecule has 1 aromatic carbocycles. The first-order valence-corrected chi connectivity index (χ1v) is 6.27. The van der Waals surface area contributed by atoms with Crippen molar-refractivity contribution in [3.05, 3.63) is 33.4 Å². The highest BCUT2D eigenvalue weighted by Crippen LogP contribution is 2.08. The number of carbonyl (C=O) groups is 2. The molecule has 1 amide bonds. The van der Waals surface area contributed by atoms with E-state index in [9.17, 15) is 9.59 Å². The second kappa shape index (κ2) is 7.26. The molecule has 0 aliphatic heterocycles. The molecule has 1 N–H and O–H groups in total. The Bertz CT molecular complexity index is 406. The van der Waals surface area contributed by atoms with Gasteiger partial charge in [0.2, 0.25) is 5.91 Å². The van der Waals surface area contributed by atoms with E-state index < -0.39 is 0 Å². The maximum atomic E-state index is 11.5. The minimum absolute atomic E-state index is 0.0871. The fourth-order valence-electron chi connectivity index (χ4n) is 1.30. The molecule has 0 saturated carbocycles. The van der Waals surface area contributed by atoms with Crippen LogP contribution in [0.1, 0.15) is 12.0 Å². The molecule has 4 nitrogen and oxygen atoms in total. The number of hydrogen-bond acceptors (Lipinski definition) is 3. The molecule has 0 unspecified atom stereocenters. The number of hydrogen-bond donors (Lipinski definition) is 1. The molecule has 0 aliphatic carbocycles. The number of amides is 1. The number of benzene rings is 1. The molecule has 0 bridgehead atoms. The maximum Gasteiger partial charge on any atom is 0.307 e. The fourth-order valence-corrected chi connectivity index (χ4v) is 1.91. The lowest BCUT2D eigenvalue weighted by molar-refractivity contribution is -0.140. The van der Waals surface area contributed by atoms with Gasteiger partial charge >= 0.3 is 5.97 Å². The van der Waals surface area contributed by atoms with Crippen molar-refractivity contribution < 1.29 is 14.3 Å². The van der Waals surface area contributed by atoms with Gasteiger partial charge in [-0.05, 0) is 40.3 Å². The van der Waals surface area contributed by atoms with Crippen LogP contribution >= 0.6 is 22.6 Å². The molecule has 0 saturated heterocycles. The van der Waals surface area contributed by atoms with Gasteiger partial charge in [-0.2, -0.15) is 0 Å². The second-order valence-corrected chi connectivity index (χ2v) is 4.73. The standard InChI is InChI=1S/C12H14INO3/c1-17-12(16)5-6-14-11(15)8-9-3-2-4-10(13)7-9/h2-4,7H,5-6,8H2,1H3,(H,14,15). The Morgan fingerprint density at radius 1 is 1.41 bits per heavy atom. The van der Waals surface area contributed by atoms with Gasteiger partial charge in [-0.15, -0.1) is 0 Å². The number of carbonyl (C=O) groups excluding carboxylic acids is 2. The molecule has 1 rings (SSSR count). The van der Waals surface area contributed by atoms with Gasteiger partial charge in [0.05, 0.1) is 20.0 Å². The Kier molecular flexibility index (Phi) is 5.96. The van der Waals surface area contributed by atoms with Gasteiger partial charge in [0, 0.05) is 10.1 Å². The Labute approximate surface area is 114 Å². The van der Waals surface area contributed by atoms with Crippen molar-refractivity contribution in [1.82, 2.24) is 5.32 Å². The van der Waals surface area contributed by atoms with Crippen molar-refractivity contribution >= 4 is 34.5 Å². The van der Waals surface area contributed by atoms with Crippen LogP contribution in [0.15, 0.2) is 24.3 Å². The van der Waals surface area contributed by atoms with E-state index in [-0.39, 0.29) is 18.3 Å². The van der Waals surface area contributed by atoms with Crippen LogP contribution in [-0.2, 0) is 20.7 Å². The lowest BCUT2D eigenvalue weighted by atomic mass is 10.1. The van der Waals surface area contributed by atoms with Gasteiger partial charge in [0.15, 0.2) is 0 Å². The topological polar surface area (TPSA) is 55.4 Å². The molecule has 0 spiro atoms. The van der Waals surface area contributed by atoms with Crippen molar-refractivity contribution in [1.29, 1.82) is 0 Å². The highest BCUT2D eigenvalue weighted by molar-refractivity contribution is 14.1. The van der Waals surface area contributed by atoms with E-state index >= 15 is 0 Å². The van der Waals surface area contributed by atoms with Crippen molar-refractivity contribution in [2.75, 3.05) is 13.7 Å². The lowest BCUT2D eigenvalue weighted by Crippen LogP contribution is -2.27. The van der Waals surface area contributed by atoms with Crippen LogP contribution in [0.3, 0.4) is 0 Å². The van der Waals surface area contributed by atoms with Gasteiger partial charge in [-0.1, -0.05) is 12.1 Å². The van der Waals surface area contributed by atoms with E-state index in [1.165, 1.54) is 7.11 Å². The average Bonchev–Trinajstić information content (AvgIpc) is 2.28. The van der Waals surface area contributed by atoms with Gasteiger partial charge < -0.3 is 10.1 Å². The van der Waals surface area contributed by atoms with Crippen molar-refractivity contribution in [2.24, 2.45) is 0 Å². The quantitative estimate of drug-likeness (QED) is 0.649. The summed E-state index contributed by atoms with van der Waals surface area (Å²) in [6.07, 6.45) is 0.534. The van der Waals surface area contributed by atoms with Crippen LogP contribution in [0.2, 0.25) is 0 Å². The van der Waals surface area contributed by atoms with Crippen LogP contribution in [0.5, 0.6) is 0 Å². The maximum absolute atomic E-state index is 11.5. The predicted molar refractivity (Wildman–Crippen MR) is 72.5 cm³/mol. The Hall–Kier alpha value is -1.11. The summed E-state index contributed by atoms with van der Waals surface area (Å²) in [5.74, 6) is -0.407. The van der Waals surface area contributed by atoms with Gasteiger partial charge in [0.1, 0.15) is 0 Å². The number of rotatable bonds is 5. The van der Waals surface area contributed by atoms with E-state index in [2.05, 4.69) is 32.6 Å². The summed E-state index contributed by atoms with van der Waals surface area (Å²) in [4.78, 5) is 22.3. The van der Waals surface area contributed by atoms with Crippen LogP contribution in [0.4, 0.5) is 0 Å². The largest absolute Gasteiger partial charge is 0.469 e. The molecular weight excluding hydrogens is 333 g/mol. The summed E-state index contributed by atoms with van der Waals surface area (Å²) in [5.41, 5.74) is 0.965. The molecule has 0 fully saturated rings. The second-order valence-electron chi connectivity index (χ2n) is 3.48. The van der Waals surface area contributed by atoms with Crippen molar-refractivity contribution in [3.63, 3.8) is 0 Å². The Morgan fingerprint density at radius 2 is 2.18 bits per heavy atom. The monoisotopic (exact) mass is 347 g/mol. The zero-order valence-electron chi connectivity index (χ0n) is 9.53. The van der Waals surface area contributed by atoms with Crippen LogP contribution in [-0.4, -0.2) is 25.5 Å². The number of nitrogens with one attached hydrogen (secondary N) is 1. The molecule has 0 aromatic heterocycles. The summed E-state index contributed by atoms with van der Waals surface area (Å²) in [5, 5.41) is 2.67. The third kappa shape index (κ3) is 5.67. The smallest absolute Gasteiger partial charge is 0.307 e. The molecule has 0 atom stereocenters. The lowest BCUT2D eigenvalue weighted by Gasteiger charge is -2.04. The van der Waals surface area contributed by atoms with E-state index in [4.69, 9.17) is 0 Å². The predicted octanol–water partition coefficient (Wildman–Crippen LogP) is 1.51. The summed E-state index contributed by atoms with van der Waals surface area (Å²) >= 11 is 2.20. The zero-order chi connectivity index (χ0) is 12.7. The summed E-state index contributed by atoms with van der Waals surface area (Å²) in [6, 6.07) is 7.75. The first kappa shape index (κ1) is 14.0. The van der Waals surface area contributed by atoms with E-state index in [1.807, 2.05) is 24.3 Å². The first-order valence-electron chi connectivity index (χ1n) is 5.20. The zero-order valence-corrected chi connectivity index (χ0v) is 11.7. The van der Waals surface area contributed by atoms with Crippen LogP contribution in [0.25, 0.3) is 0 Å². The highest BCUT2D eigenvalue weighted by atomic mass is 127. The van der Waals surface area contributed by atoms with Gasteiger partial charge in [-0.3, -0.25) is 9.59 Å². The van der Waals surface area contributed by atoms with E-state index in [1.54, 1.807) is 0 Å². The van der Waals surface area contributed by atoms with Gasteiger partial charge in [-0.25, -0.2) is 0 Å². The minimum atomic E-state index is -0.320. The number of ether oxygens (including phenoxy) is 1. The molecule has 0 radical (unpaired) electrons. The summed E-state index contributed by atoms with van der Waals surface area (Å²) < 4.78 is 5.57. The third-order valence-corrected chi connectivity index (χ3v) is 2.80. The van der Waals surface area contributed by atoms with E-state index in [0.29, 0.717) is 13.0 Å². The normalized spacial score (nSPS) is 9.76. The van der Waals surface area contributed by atoms with E-state index in [0.717, 1.165) is 9.13 Å². The van der Waals surface area contributed by atoms with Crippen molar-refractivity contribution in [2.45, 2.75) is 12.8 Å². The molecule has 17 heavy (non-hydrogen) atoms. The Balaban J connectivity index is 2.32. The summed E-state index contributed by atoms with van der Waals surface area (Å²) in [7, 11) is 1.33. The van der Waals surface area contributed by atoms with Gasteiger partial charge in [0.25, 0.3) is 0 Å². The molecule has 92 valence electrons. The first-order chi connectivity index (χ1) is 8.11. The number of methoxy groups -OCH3 is 1. The Morgan fingerprint density at radius 3 is 2.82 bits per heavy atom. The van der Waals surface area contributed by atoms with Crippen LogP contribution < -0.4 is 5.32 Å². The molecule has 0 heterocycles. The number of halogens is 1. The summed E-state index contributed by atoms with van der Waals surface area (Å²) in [6.45, 7) is 0.315. The highest BCUT2D eigenvalue weighted by Gasteiger charge is 2.05. The molecule has 0 aliphatic rings. The van der Waals surface area contributed by atoms with Crippen LogP contribution in [0, 0.1) is 3.57 Å². The average molecular weight is 347 g/mol. The SMILES string of the molecule is COC(=O)CCNC(=O)Cc1cccc(I)c1. The third-order valence-electron chi connectivity index (χ3n) is 2.13. The molecule has 1 aromatic rings.